The normalized spacial score (nSPS) is 13.0. The molecular weight excluding hydrogens is 344 g/mol. The van der Waals surface area contributed by atoms with Gasteiger partial charge in [0.25, 0.3) is 0 Å². The van der Waals surface area contributed by atoms with Crippen molar-refractivity contribution in [2.24, 2.45) is 4.99 Å². The zero-order valence-corrected chi connectivity index (χ0v) is 16.8. The Hall–Kier alpha value is -2.98. The van der Waals surface area contributed by atoms with Crippen LogP contribution in [0.2, 0.25) is 0 Å². The smallest absolute Gasteiger partial charge is 0.109 e. The van der Waals surface area contributed by atoms with Crippen LogP contribution in [0.25, 0.3) is 0 Å². The van der Waals surface area contributed by atoms with E-state index in [1.165, 1.54) is 5.69 Å². The Balaban J connectivity index is 1.90. The molecule has 4 heteroatoms. The number of hydrogen-bond acceptors (Lipinski definition) is 4. The summed E-state index contributed by atoms with van der Waals surface area (Å²) in [6.45, 7) is 4.02. The molecule has 0 saturated carbocycles. The Morgan fingerprint density at radius 2 is 1.64 bits per heavy atom. The first-order chi connectivity index (χ1) is 13.6. The first-order valence-corrected chi connectivity index (χ1v) is 9.76. The van der Waals surface area contributed by atoms with E-state index in [2.05, 4.69) is 83.5 Å². The average Bonchev–Trinajstić information content (AvgIpc) is 2.85. The largest absolute Gasteiger partial charge is 0.339 e. The number of pyridine rings is 1. The summed E-state index contributed by atoms with van der Waals surface area (Å²) in [6, 6.07) is 21.1. The summed E-state index contributed by atoms with van der Waals surface area (Å²) in [7, 11) is 4.24. The standard InChI is InChI=1S/C24H26N4/c1-18-23-22(14-15-25-18)28(17-9-16-27(2)3)21-13-8-7-12-20(21)24(26-23)19-10-5-4-6-11-19/h4-8,10-15H,9,16-17H2,1-3H3. The molecule has 0 N–H and O–H groups in total. The van der Waals surface area contributed by atoms with E-state index in [1.54, 1.807) is 0 Å². The lowest BCUT2D eigenvalue weighted by atomic mass is 10.00. The third-order valence-electron chi connectivity index (χ3n) is 5.08. The van der Waals surface area contributed by atoms with Gasteiger partial charge in [0.1, 0.15) is 5.69 Å². The summed E-state index contributed by atoms with van der Waals surface area (Å²) in [5.41, 5.74) is 7.54. The van der Waals surface area contributed by atoms with Gasteiger partial charge in [-0.05, 0) is 46.1 Å². The van der Waals surface area contributed by atoms with Crippen LogP contribution in [0.4, 0.5) is 17.1 Å². The minimum absolute atomic E-state index is 0.934. The third-order valence-corrected chi connectivity index (χ3v) is 5.08. The topological polar surface area (TPSA) is 31.7 Å². The molecule has 0 atom stereocenters. The van der Waals surface area contributed by atoms with Crippen molar-refractivity contribution in [3.63, 3.8) is 0 Å². The summed E-state index contributed by atoms with van der Waals surface area (Å²) in [5, 5.41) is 0. The molecular formula is C24H26N4. The van der Waals surface area contributed by atoms with Crippen LogP contribution in [0.15, 0.2) is 71.9 Å². The summed E-state index contributed by atoms with van der Waals surface area (Å²) >= 11 is 0. The number of para-hydroxylation sites is 1. The van der Waals surface area contributed by atoms with Crippen LogP contribution in [-0.2, 0) is 0 Å². The SMILES string of the molecule is Cc1nccc2c1N=C(c1ccccc1)c1ccccc1N2CCCN(C)C. The second-order valence-corrected chi connectivity index (χ2v) is 7.42. The van der Waals surface area contributed by atoms with E-state index in [-0.39, 0.29) is 0 Å². The van der Waals surface area contributed by atoms with E-state index < -0.39 is 0 Å². The molecule has 0 radical (unpaired) electrons. The number of benzene rings is 2. The molecule has 2 heterocycles. The van der Waals surface area contributed by atoms with Crippen molar-refractivity contribution in [3.8, 4) is 0 Å². The maximum absolute atomic E-state index is 5.15. The molecule has 2 aromatic carbocycles. The van der Waals surface area contributed by atoms with E-state index in [1.807, 2.05) is 19.2 Å². The van der Waals surface area contributed by atoms with E-state index in [0.29, 0.717) is 0 Å². The number of fused-ring (bicyclic) bond motifs is 2. The number of aromatic nitrogens is 1. The Kier molecular flexibility index (Phi) is 5.22. The zero-order chi connectivity index (χ0) is 19.5. The first-order valence-electron chi connectivity index (χ1n) is 9.76. The van der Waals surface area contributed by atoms with Gasteiger partial charge >= 0.3 is 0 Å². The lowest BCUT2D eigenvalue weighted by molar-refractivity contribution is 0.402. The predicted octanol–water partition coefficient (Wildman–Crippen LogP) is 4.96. The van der Waals surface area contributed by atoms with Crippen LogP contribution in [0, 0.1) is 6.92 Å². The molecule has 142 valence electrons. The van der Waals surface area contributed by atoms with Gasteiger partial charge in [0, 0.05) is 23.9 Å². The molecule has 4 nitrogen and oxygen atoms in total. The maximum Gasteiger partial charge on any atom is 0.109 e. The molecule has 4 rings (SSSR count). The van der Waals surface area contributed by atoms with E-state index in [0.717, 1.165) is 53.4 Å². The number of aryl methyl sites for hydroxylation is 1. The van der Waals surface area contributed by atoms with Crippen molar-refractivity contribution >= 4 is 22.8 Å². The van der Waals surface area contributed by atoms with E-state index in [4.69, 9.17) is 4.99 Å². The first kappa shape index (κ1) is 18.4. The van der Waals surface area contributed by atoms with E-state index >= 15 is 0 Å². The van der Waals surface area contributed by atoms with Crippen molar-refractivity contribution in [2.45, 2.75) is 13.3 Å². The maximum atomic E-state index is 5.15. The number of nitrogens with zero attached hydrogens (tertiary/aromatic N) is 4. The third kappa shape index (κ3) is 3.56. The number of aliphatic imine (C=N–C) groups is 1. The quantitative estimate of drug-likeness (QED) is 0.636. The van der Waals surface area contributed by atoms with Crippen molar-refractivity contribution in [1.29, 1.82) is 0 Å². The number of anilines is 2. The molecule has 1 aliphatic rings. The van der Waals surface area contributed by atoms with Crippen molar-refractivity contribution in [1.82, 2.24) is 9.88 Å². The summed E-state index contributed by atoms with van der Waals surface area (Å²) in [4.78, 5) is 14.3. The highest BCUT2D eigenvalue weighted by atomic mass is 15.2. The van der Waals surface area contributed by atoms with Crippen LogP contribution in [0.1, 0.15) is 23.2 Å². The molecule has 0 fully saturated rings. The Bertz CT molecular complexity index is 992. The second-order valence-electron chi connectivity index (χ2n) is 7.42. The molecule has 1 aromatic heterocycles. The Morgan fingerprint density at radius 1 is 0.893 bits per heavy atom. The fourth-order valence-corrected chi connectivity index (χ4v) is 3.71. The van der Waals surface area contributed by atoms with Gasteiger partial charge in [-0.25, -0.2) is 4.99 Å². The lowest BCUT2D eigenvalue weighted by Crippen LogP contribution is -2.24. The van der Waals surface area contributed by atoms with Crippen LogP contribution < -0.4 is 4.90 Å². The molecule has 28 heavy (non-hydrogen) atoms. The highest BCUT2D eigenvalue weighted by Crippen LogP contribution is 2.41. The van der Waals surface area contributed by atoms with Gasteiger partial charge in [-0.3, -0.25) is 4.98 Å². The predicted molar refractivity (Wildman–Crippen MR) is 117 cm³/mol. The van der Waals surface area contributed by atoms with Gasteiger partial charge in [-0.2, -0.15) is 0 Å². The molecule has 3 aromatic rings. The highest BCUT2D eigenvalue weighted by molar-refractivity contribution is 6.18. The highest BCUT2D eigenvalue weighted by Gasteiger charge is 2.24. The zero-order valence-electron chi connectivity index (χ0n) is 16.8. The molecule has 0 unspecified atom stereocenters. The fraction of sp³-hybridized carbons (Fsp3) is 0.250. The molecule has 0 saturated heterocycles. The minimum Gasteiger partial charge on any atom is -0.339 e. The average molecular weight is 371 g/mol. The number of hydrogen-bond donors (Lipinski definition) is 0. The van der Waals surface area contributed by atoms with Crippen LogP contribution in [-0.4, -0.2) is 42.8 Å². The molecule has 0 aliphatic carbocycles. The Labute approximate surface area is 167 Å². The van der Waals surface area contributed by atoms with Gasteiger partial charge < -0.3 is 9.80 Å². The molecule has 0 amide bonds. The van der Waals surface area contributed by atoms with Crippen LogP contribution in [0.3, 0.4) is 0 Å². The lowest BCUT2D eigenvalue weighted by Gasteiger charge is -2.27. The van der Waals surface area contributed by atoms with Crippen LogP contribution in [0.5, 0.6) is 0 Å². The van der Waals surface area contributed by atoms with Gasteiger partial charge in [-0.1, -0.05) is 48.5 Å². The van der Waals surface area contributed by atoms with Gasteiger partial charge in [0.15, 0.2) is 0 Å². The van der Waals surface area contributed by atoms with Crippen LogP contribution >= 0.6 is 0 Å². The van der Waals surface area contributed by atoms with Crippen molar-refractivity contribution in [3.05, 3.63) is 83.7 Å². The monoisotopic (exact) mass is 370 g/mol. The Morgan fingerprint density at radius 3 is 2.43 bits per heavy atom. The summed E-state index contributed by atoms with van der Waals surface area (Å²) < 4.78 is 0. The fourth-order valence-electron chi connectivity index (χ4n) is 3.71. The molecule has 0 spiro atoms. The van der Waals surface area contributed by atoms with Gasteiger partial charge in [-0.15, -0.1) is 0 Å². The summed E-state index contributed by atoms with van der Waals surface area (Å²) in [5.74, 6) is 0. The van der Waals surface area contributed by atoms with Gasteiger partial charge in [0.2, 0.25) is 0 Å². The summed E-state index contributed by atoms with van der Waals surface area (Å²) in [6.07, 6.45) is 2.96. The number of rotatable bonds is 5. The van der Waals surface area contributed by atoms with E-state index in [9.17, 15) is 0 Å². The minimum atomic E-state index is 0.934. The van der Waals surface area contributed by atoms with Gasteiger partial charge in [0.05, 0.1) is 22.8 Å². The van der Waals surface area contributed by atoms with Crippen molar-refractivity contribution < 1.29 is 0 Å². The second kappa shape index (κ2) is 7.95. The molecule has 0 bridgehead atoms. The molecule has 1 aliphatic heterocycles. The van der Waals surface area contributed by atoms with Crippen molar-refractivity contribution in [2.75, 3.05) is 32.1 Å².